The highest BCUT2D eigenvalue weighted by Gasteiger charge is 2.05. The highest BCUT2D eigenvalue weighted by molar-refractivity contribution is 7.98. The molecule has 0 radical (unpaired) electrons. The number of nitrogen functional groups attached to an aromatic ring is 1. The van der Waals surface area contributed by atoms with Crippen molar-refractivity contribution in [3.63, 3.8) is 0 Å². The van der Waals surface area contributed by atoms with Crippen molar-refractivity contribution in [1.82, 2.24) is 20.2 Å². The van der Waals surface area contributed by atoms with Crippen LogP contribution in [0.15, 0.2) is 41.3 Å². The van der Waals surface area contributed by atoms with E-state index in [1.165, 1.54) is 17.5 Å². The summed E-state index contributed by atoms with van der Waals surface area (Å²) in [7, 11) is 0. The van der Waals surface area contributed by atoms with Gasteiger partial charge in [-0.05, 0) is 5.56 Å². The molecule has 0 saturated heterocycles. The van der Waals surface area contributed by atoms with Crippen LogP contribution in [0.2, 0.25) is 0 Å². The van der Waals surface area contributed by atoms with Crippen LogP contribution in [0.1, 0.15) is 10.6 Å². The lowest BCUT2D eigenvalue weighted by Gasteiger charge is -2.07. The number of anilines is 2. The number of hydrogen-bond donors (Lipinski definition) is 3. The van der Waals surface area contributed by atoms with Gasteiger partial charge in [0.05, 0.1) is 6.20 Å². The number of nitrogens with one attached hydrogen (secondary N) is 2. The standard InChI is InChI=1S/C16H18N6O2S2/c17-15-22-21-13(26-15)10-25-7-6-18-16-19-8-12(14(23)20-16)24-9-11-4-2-1-3-5-11/h1-5,8H,6-7,9-10H2,(H2,17,22)(H2,18,19,20,23). The first-order valence-electron chi connectivity index (χ1n) is 7.86. The Morgan fingerprint density at radius 1 is 1.27 bits per heavy atom. The zero-order valence-electron chi connectivity index (χ0n) is 13.8. The molecule has 0 aliphatic heterocycles. The van der Waals surface area contributed by atoms with Gasteiger partial charge < -0.3 is 15.8 Å². The van der Waals surface area contributed by atoms with E-state index in [0.717, 1.165) is 22.1 Å². The summed E-state index contributed by atoms with van der Waals surface area (Å²) in [6.45, 7) is 0.983. The molecule has 0 bridgehead atoms. The van der Waals surface area contributed by atoms with E-state index < -0.39 is 0 Å². The molecule has 0 aliphatic rings. The summed E-state index contributed by atoms with van der Waals surface area (Å²) in [5.74, 6) is 2.20. The first-order valence-corrected chi connectivity index (χ1v) is 9.83. The summed E-state index contributed by atoms with van der Waals surface area (Å²) in [4.78, 5) is 18.9. The van der Waals surface area contributed by atoms with Gasteiger partial charge in [0.15, 0.2) is 0 Å². The van der Waals surface area contributed by atoms with Gasteiger partial charge in [-0.15, -0.1) is 10.2 Å². The summed E-state index contributed by atoms with van der Waals surface area (Å²) in [5, 5.41) is 12.2. The van der Waals surface area contributed by atoms with Crippen LogP contribution < -0.4 is 21.3 Å². The number of nitrogens with two attached hydrogens (primary N) is 1. The Morgan fingerprint density at radius 3 is 2.85 bits per heavy atom. The summed E-state index contributed by atoms with van der Waals surface area (Å²) in [6.07, 6.45) is 1.43. The quantitative estimate of drug-likeness (QED) is 0.476. The number of thioether (sulfide) groups is 1. The molecule has 0 aliphatic carbocycles. The lowest BCUT2D eigenvalue weighted by Crippen LogP contribution is -2.16. The van der Waals surface area contributed by atoms with Gasteiger partial charge in [0.1, 0.15) is 11.6 Å². The van der Waals surface area contributed by atoms with Crippen LogP contribution in [0.4, 0.5) is 11.1 Å². The van der Waals surface area contributed by atoms with Gasteiger partial charge in [-0.1, -0.05) is 41.7 Å². The Bertz CT molecular complexity index is 884. The molecule has 2 aromatic heterocycles. The molecule has 4 N–H and O–H groups in total. The molecule has 0 fully saturated rings. The average Bonchev–Trinajstić information content (AvgIpc) is 3.07. The fraction of sp³-hybridized carbons (Fsp3) is 0.250. The average molecular weight is 390 g/mol. The molecule has 10 heteroatoms. The summed E-state index contributed by atoms with van der Waals surface area (Å²) < 4.78 is 5.51. The fourth-order valence-electron chi connectivity index (χ4n) is 2.04. The number of hydrogen-bond acceptors (Lipinski definition) is 9. The van der Waals surface area contributed by atoms with Gasteiger partial charge >= 0.3 is 0 Å². The smallest absolute Gasteiger partial charge is 0.294 e. The molecule has 8 nitrogen and oxygen atoms in total. The van der Waals surface area contributed by atoms with Gasteiger partial charge in [-0.3, -0.25) is 9.78 Å². The monoisotopic (exact) mass is 390 g/mol. The van der Waals surface area contributed by atoms with E-state index in [-0.39, 0.29) is 11.3 Å². The van der Waals surface area contributed by atoms with E-state index in [2.05, 4.69) is 25.5 Å². The zero-order chi connectivity index (χ0) is 18.2. The number of H-pyrrole nitrogens is 1. The molecule has 1 aromatic carbocycles. The highest BCUT2D eigenvalue weighted by Crippen LogP contribution is 2.17. The summed E-state index contributed by atoms with van der Waals surface area (Å²) in [6, 6.07) is 9.65. The largest absolute Gasteiger partial charge is 0.482 e. The Morgan fingerprint density at radius 2 is 2.12 bits per heavy atom. The molecule has 3 rings (SSSR count). The molecule has 0 unspecified atom stereocenters. The third kappa shape index (κ3) is 5.46. The molecule has 0 saturated carbocycles. The van der Waals surface area contributed by atoms with Gasteiger partial charge in [0, 0.05) is 18.1 Å². The maximum atomic E-state index is 12.0. The number of aromatic nitrogens is 4. The second-order valence-electron chi connectivity index (χ2n) is 5.21. The van der Waals surface area contributed by atoms with Gasteiger partial charge in [-0.25, -0.2) is 4.98 Å². The predicted molar refractivity (Wildman–Crippen MR) is 105 cm³/mol. The van der Waals surface area contributed by atoms with Crippen molar-refractivity contribution >= 4 is 34.2 Å². The molecular weight excluding hydrogens is 372 g/mol. The van der Waals surface area contributed by atoms with Crippen molar-refractivity contribution in [3.8, 4) is 5.75 Å². The molecule has 136 valence electrons. The van der Waals surface area contributed by atoms with Crippen LogP contribution in [0.3, 0.4) is 0 Å². The van der Waals surface area contributed by atoms with Crippen LogP contribution in [-0.4, -0.2) is 32.5 Å². The van der Waals surface area contributed by atoms with Crippen molar-refractivity contribution in [2.24, 2.45) is 0 Å². The molecular formula is C16H18N6O2S2. The van der Waals surface area contributed by atoms with Crippen molar-refractivity contribution in [3.05, 3.63) is 57.5 Å². The first-order chi connectivity index (χ1) is 12.7. The Labute approximate surface area is 158 Å². The first kappa shape index (κ1) is 18.2. The lowest BCUT2D eigenvalue weighted by atomic mass is 10.2. The predicted octanol–water partition coefficient (Wildman–Crippen LogP) is 2.13. The molecule has 0 spiro atoms. The van der Waals surface area contributed by atoms with E-state index in [1.54, 1.807) is 11.8 Å². The van der Waals surface area contributed by atoms with Crippen LogP contribution in [0, 0.1) is 0 Å². The Balaban J connectivity index is 1.41. The summed E-state index contributed by atoms with van der Waals surface area (Å²) in [5.41, 5.74) is 6.22. The molecule has 2 heterocycles. The van der Waals surface area contributed by atoms with Crippen molar-refractivity contribution < 1.29 is 4.74 Å². The van der Waals surface area contributed by atoms with Crippen molar-refractivity contribution in [1.29, 1.82) is 0 Å². The number of nitrogens with zero attached hydrogens (tertiary/aromatic N) is 3. The second-order valence-corrected chi connectivity index (χ2v) is 7.41. The Hall–Kier alpha value is -2.59. The van der Waals surface area contributed by atoms with E-state index in [0.29, 0.717) is 24.2 Å². The van der Waals surface area contributed by atoms with E-state index >= 15 is 0 Å². The number of benzene rings is 1. The number of rotatable bonds is 9. The lowest BCUT2D eigenvalue weighted by molar-refractivity contribution is 0.300. The molecule has 26 heavy (non-hydrogen) atoms. The number of ether oxygens (including phenoxy) is 1. The molecule has 0 atom stereocenters. The third-order valence-corrected chi connectivity index (χ3v) is 5.16. The second kappa shape index (κ2) is 9.20. The Kier molecular flexibility index (Phi) is 6.45. The van der Waals surface area contributed by atoms with Gasteiger partial charge in [-0.2, -0.15) is 11.8 Å². The molecule has 0 amide bonds. The SMILES string of the molecule is Nc1nnc(CSCCNc2ncc(OCc3ccccc3)c(=O)[nH]2)s1. The maximum absolute atomic E-state index is 12.0. The van der Waals surface area contributed by atoms with Gasteiger partial charge in [0.25, 0.3) is 5.56 Å². The maximum Gasteiger partial charge on any atom is 0.294 e. The molecule has 3 aromatic rings. The minimum absolute atomic E-state index is 0.197. The third-order valence-electron chi connectivity index (χ3n) is 3.25. The fourth-order valence-corrected chi connectivity index (χ4v) is 3.55. The minimum Gasteiger partial charge on any atom is -0.482 e. The minimum atomic E-state index is -0.310. The zero-order valence-corrected chi connectivity index (χ0v) is 15.5. The van der Waals surface area contributed by atoms with Crippen LogP contribution >= 0.6 is 23.1 Å². The van der Waals surface area contributed by atoms with Crippen LogP contribution in [0.25, 0.3) is 0 Å². The highest BCUT2D eigenvalue weighted by atomic mass is 32.2. The van der Waals surface area contributed by atoms with Crippen molar-refractivity contribution in [2.75, 3.05) is 23.3 Å². The van der Waals surface area contributed by atoms with E-state index in [1.807, 2.05) is 30.3 Å². The normalized spacial score (nSPS) is 10.6. The topological polar surface area (TPSA) is 119 Å². The van der Waals surface area contributed by atoms with E-state index in [4.69, 9.17) is 10.5 Å². The van der Waals surface area contributed by atoms with Crippen LogP contribution in [-0.2, 0) is 12.4 Å². The van der Waals surface area contributed by atoms with Crippen molar-refractivity contribution in [2.45, 2.75) is 12.4 Å². The van der Waals surface area contributed by atoms with E-state index in [9.17, 15) is 4.79 Å². The number of aromatic amines is 1. The van der Waals surface area contributed by atoms with Gasteiger partial charge in [0.2, 0.25) is 16.8 Å². The summed E-state index contributed by atoms with van der Waals surface area (Å²) >= 11 is 3.09. The van der Waals surface area contributed by atoms with Crippen LogP contribution in [0.5, 0.6) is 5.75 Å².